The second-order valence-corrected chi connectivity index (χ2v) is 10.4. The van der Waals surface area contributed by atoms with Gasteiger partial charge in [-0.3, -0.25) is 14.4 Å². The molecule has 172 valence electrons. The Morgan fingerprint density at radius 2 is 1.78 bits per heavy atom. The Hall–Kier alpha value is -2.76. The van der Waals surface area contributed by atoms with Crippen molar-refractivity contribution in [3.63, 3.8) is 0 Å². The number of amides is 3. The lowest BCUT2D eigenvalue weighted by molar-refractivity contribution is -0.129. The fraction of sp³-hybridized carbons (Fsp3) is 0.381. The number of nitrogens with zero attached hydrogens (tertiary/aromatic N) is 2. The van der Waals surface area contributed by atoms with Crippen LogP contribution in [0.2, 0.25) is 0 Å². The van der Waals surface area contributed by atoms with Gasteiger partial charge in [0.2, 0.25) is 15.9 Å². The van der Waals surface area contributed by atoms with Gasteiger partial charge in [-0.1, -0.05) is 13.8 Å². The SMILES string of the molecule is CCN(CC)S(=O)(=O)c1ccc(C(=O)Nc2sc3c(c2C(N)=O)CCN(C(C)=O)C3)cc1. The number of nitrogens with one attached hydrogen (secondary N) is 1. The molecule has 0 unspecified atom stereocenters. The van der Waals surface area contributed by atoms with Crippen LogP contribution < -0.4 is 11.1 Å². The zero-order valence-electron chi connectivity index (χ0n) is 18.2. The van der Waals surface area contributed by atoms with Crippen LogP contribution in [0.4, 0.5) is 5.00 Å². The molecule has 1 aliphatic rings. The first-order valence-corrected chi connectivity index (χ1v) is 12.5. The van der Waals surface area contributed by atoms with E-state index < -0.39 is 21.8 Å². The van der Waals surface area contributed by atoms with E-state index in [2.05, 4.69) is 5.32 Å². The van der Waals surface area contributed by atoms with Crippen LogP contribution in [0.1, 0.15) is 51.9 Å². The molecule has 1 aromatic heterocycles. The number of sulfonamides is 1. The van der Waals surface area contributed by atoms with Crippen molar-refractivity contribution in [3.8, 4) is 0 Å². The van der Waals surface area contributed by atoms with Gasteiger partial charge in [0, 0.05) is 37.0 Å². The third-order valence-corrected chi connectivity index (χ3v) is 8.63. The Labute approximate surface area is 191 Å². The topological polar surface area (TPSA) is 130 Å². The van der Waals surface area contributed by atoms with Gasteiger partial charge >= 0.3 is 0 Å². The summed E-state index contributed by atoms with van der Waals surface area (Å²) in [6, 6.07) is 5.64. The van der Waals surface area contributed by atoms with Crippen molar-refractivity contribution in [2.24, 2.45) is 5.73 Å². The van der Waals surface area contributed by atoms with Crippen LogP contribution in [0.15, 0.2) is 29.2 Å². The number of nitrogens with two attached hydrogens (primary N) is 1. The van der Waals surface area contributed by atoms with E-state index in [1.54, 1.807) is 18.7 Å². The van der Waals surface area contributed by atoms with Gasteiger partial charge in [0.05, 0.1) is 17.0 Å². The molecule has 11 heteroatoms. The van der Waals surface area contributed by atoms with Gasteiger partial charge in [-0.2, -0.15) is 4.31 Å². The zero-order chi connectivity index (χ0) is 23.6. The molecule has 32 heavy (non-hydrogen) atoms. The molecule has 0 bridgehead atoms. The highest BCUT2D eigenvalue weighted by Gasteiger charge is 2.29. The van der Waals surface area contributed by atoms with Crippen LogP contribution in [0.3, 0.4) is 0 Å². The predicted octanol–water partition coefficient (Wildman–Crippen LogP) is 2.03. The lowest BCUT2D eigenvalue weighted by Gasteiger charge is -2.25. The minimum atomic E-state index is -3.62. The highest BCUT2D eigenvalue weighted by atomic mass is 32.2. The Balaban J connectivity index is 1.85. The summed E-state index contributed by atoms with van der Waals surface area (Å²) in [4.78, 5) is 39.2. The first-order valence-electron chi connectivity index (χ1n) is 10.2. The molecule has 0 spiro atoms. The normalized spacial score (nSPS) is 13.7. The Morgan fingerprint density at radius 1 is 1.16 bits per heavy atom. The van der Waals surface area contributed by atoms with Gasteiger partial charge in [0.15, 0.2) is 0 Å². The van der Waals surface area contributed by atoms with Gasteiger partial charge in [-0.05, 0) is 36.2 Å². The second-order valence-electron chi connectivity index (χ2n) is 7.33. The molecule has 3 N–H and O–H groups in total. The molecule has 0 saturated carbocycles. The summed E-state index contributed by atoms with van der Waals surface area (Å²) in [5.41, 5.74) is 6.85. The Bertz CT molecular complexity index is 1150. The van der Waals surface area contributed by atoms with Gasteiger partial charge in [-0.25, -0.2) is 8.42 Å². The highest BCUT2D eigenvalue weighted by molar-refractivity contribution is 7.89. The number of benzene rings is 1. The monoisotopic (exact) mass is 478 g/mol. The van der Waals surface area contributed by atoms with E-state index >= 15 is 0 Å². The number of anilines is 1. The van der Waals surface area contributed by atoms with Crippen LogP contribution in [0, 0.1) is 0 Å². The summed E-state index contributed by atoms with van der Waals surface area (Å²) in [6.07, 6.45) is 0.484. The molecule has 1 aromatic carbocycles. The molecule has 3 amide bonds. The predicted molar refractivity (Wildman–Crippen MR) is 122 cm³/mol. The van der Waals surface area contributed by atoms with Gasteiger partial charge < -0.3 is 16.0 Å². The molecule has 0 radical (unpaired) electrons. The second kappa shape index (κ2) is 9.39. The lowest BCUT2D eigenvalue weighted by atomic mass is 10.0. The zero-order valence-corrected chi connectivity index (χ0v) is 19.8. The number of hydrogen-bond donors (Lipinski definition) is 2. The largest absolute Gasteiger partial charge is 0.365 e. The summed E-state index contributed by atoms with van der Waals surface area (Å²) in [5.74, 6) is -1.19. The van der Waals surface area contributed by atoms with Gasteiger partial charge in [0.25, 0.3) is 11.8 Å². The summed E-state index contributed by atoms with van der Waals surface area (Å²) in [5, 5.41) is 3.06. The fourth-order valence-electron chi connectivity index (χ4n) is 3.69. The molecule has 0 fully saturated rings. The molecule has 0 saturated heterocycles. The first-order chi connectivity index (χ1) is 15.1. The number of thiophene rings is 1. The van der Waals surface area contributed by atoms with Crippen molar-refractivity contribution in [3.05, 3.63) is 45.8 Å². The highest BCUT2D eigenvalue weighted by Crippen LogP contribution is 2.37. The fourth-order valence-corrected chi connectivity index (χ4v) is 6.41. The summed E-state index contributed by atoms with van der Waals surface area (Å²) < 4.78 is 26.6. The quantitative estimate of drug-likeness (QED) is 0.629. The van der Waals surface area contributed by atoms with E-state index in [-0.39, 0.29) is 21.9 Å². The maximum Gasteiger partial charge on any atom is 0.256 e. The standard InChI is InChI=1S/C21H26N4O5S2/c1-4-25(5-2)32(29,30)15-8-6-14(7-9-15)20(28)23-21-18(19(22)27)16-10-11-24(13(3)26)12-17(16)31-21/h6-9H,4-5,10-12H2,1-3H3,(H2,22,27)(H,23,28). The summed E-state index contributed by atoms with van der Waals surface area (Å²) >= 11 is 1.22. The van der Waals surface area contributed by atoms with E-state index in [4.69, 9.17) is 5.73 Å². The Morgan fingerprint density at radius 3 is 2.31 bits per heavy atom. The van der Waals surface area contributed by atoms with E-state index in [0.717, 1.165) is 10.4 Å². The molecule has 1 aliphatic heterocycles. The number of primary amides is 1. The smallest absolute Gasteiger partial charge is 0.256 e. The van der Waals surface area contributed by atoms with E-state index in [1.165, 1.54) is 46.8 Å². The average molecular weight is 479 g/mol. The maximum atomic E-state index is 12.8. The van der Waals surface area contributed by atoms with E-state index in [9.17, 15) is 22.8 Å². The molecule has 3 rings (SSSR count). The number of fused-ring (bicyclic) bond motifs is 1. The number of carbonyl (C=O) groups is 3. The van der Waals surface area contributed by atoms with Crippen LogP contribution in [0.25, 0.3) is 0 Å². The van der Waals surface area contributed by atoms with Crippen LogP contribution >= 0.6 is 11.3 Å². The molecule has 2 aromatic rings. The Kier molecular flexibility index (Phi) is 7.01. The van der Waals surface area contributed by atoms with Gasteiger partial charge in [0.1, 0.15) is 5.00 Å². The molecule has 2 heterocycles. The van der Waals surface area contributed by atoms with E-state index in [0.29, 0.717) is 37.6 Å². The molecule has 9 nitrogen and oxygen atoms in total. The summed E-state index contributed by atoms with van der Waals surface area (Å²) in [6.45, 7) is 6.55. The number of rotatable bonds is 7. The molecule has 0 atom stereocenters. The maximum absolute atomic E-state index is 12.8. The van der Waals surface area contributed by atoms with Crippen LogP contribution in [0.5, 0.6) is 0 Å². The van der Waals surface area contributed by atoms with Crippen LogP contribution in [-0.2, 0) is 27.8 Å². The van der Waals surface area contributed by atoms with Crippen molar-refractivity contribution in [2.75, 3.05) is 25.0 Å². The van der Waals surface area contributed by atoms with Crippen molar-refractivity contribution in [2.45, 2.75) is 38.6 Å². The van der Waals surface area contributed by atoms with Crippen molar-refractivity contribution >= 4 is 44.1 Å². The lowest BCUT2D eigenvalue weighted by Crippen LogP contribution is -2.34. The third-order valence-electron chi connectivity index (χ3n) is 5.44. The molecular formula is C21H26N4O5S2. The molecule has 0 aliphatic carbocycles. The summed E-state index contributed by atoms with van der Waals surface area (Å²) in [7, 11) is -3.62. The number of carbonyl (C=O) groups excluding carboxylic acids is 3. The first kappa shape index (κ1) is 23.9. The van der Waals surface area contributed by atoms with Crippen molar-refractivity contribution < 1.29 is 22.8 Å². The molecular weight excluding hydrogens is 452 g/mol. The van der Waals surface area contributed by atoms with Crippen molar-refractivity contribution in [1.29, 1.82) is 0 Å². The third kappa shape index (κ3) is 4.54. The average Bonchev–Trinajstić information content (AvgIpc) is 3.11. The van der Waals surface area contributed by atoms with E-state index in [1.807, 2.05) is 0 Å². The van der Waals surface area contributed by atoms with Gasteiger partial charge in [-0.15, -0.1) is 11.3 Å². The van der Waals surface area contributed by atoms with Crippen molar-refractivity contribution in [1.82, 2.24) is 9.21 Å². The number of hydrogen-bond acceptors (Lipinski definition) is 6. The van der Waals surface area contributed by atoms with Crippen LogP contribution in [-0.4, -0.2) is 55.0 Å². The minimum Gasteiger partial charge on any atom is -0.365 e. The minimum absolute atomic E-state index is 0.0602.